The largest absolute Gasteiger partial charge is 0.466 e. The SMILES string of the molecule is CCOC(=O)Cc1cccc(Cn2nc(-c3ccc(C(=O)NCCN4CCOCC4)cc3)ccc2=O)c1. The van der Waals surface area contributed by atoms with Crippen LogP contribution in [-0.2, 0) is 27.2 Å². The maximum atomic E-state index is 12.5. The molecule has 2 heterocycles. The Morgan fingerprint density at radius 2 is 1.78 bits per heavy atom. The molecule has 9 heteroatoms. The van der Waals surface area contributed by atoms with E-state index in [2.05, 4.69) is 15.3 Å². The highest BCUT2D eigenvalue weighted by Crippen LogP contribution is 2.17. The van der Waals surface area contributed by atoms with Gasteiger partial charge in [0.05, 0.1) is 38.5 Å². The van der Waals surface area contributed by atoms with Gasteiger partial charge in [0.1, 0.15) is 0 Å². The summed E-state index contributed by atoms with van der Waals surface area (Å²) in [6.07, 6.45) is 0.178. The van der Waals surface area contributed by atoms with Crippen LogP contribution in [0.4, 0.5) is 0 Å². The van der Waals surface area contributed by atoms with Gasteiger partial charge in [-0.25, -0.2) is 4.68 Å². The van der Waals surface area contributed by atoms with Gasteiger partial charge >= 0.3 is 5.97 Å². The minimum Gasteiger partial charge on any atom is -0.466 e. The van der Waals surface area contributed by atoms with E-state index in [-0.39, 0.29) is 30.4 Å². The van der Waals surface area contributed by atoms with Crippen molar-refractivity contribution >= 4 is 11.9 Å². The Morgan fingerprint density at radius 3 is 2.54 bits per heavy atom. The lowest BCUT2D eigenvalue weighted by Gasteiger charge is -2.26. The van der Waals surface area contributed by atoms with Gasteiger partial charge in [0, 0.05) is 43.4 Å². The van der Waals surface area contributed by atoms with Crippen LogP contribution in [0.3, 0.4) is 0 Å². The van der Waals surface area contributed by atoms with Crippen LogP contribution in [0.1, 0.15) is 28.4 Å². The molecule has 1 aromatic heterocycles. The third kappa shape index (κ3) is 7.58. The molecule has 194 valence electrons. The molecule has 0 aliphatic carbocycles. The van der Waals surface area contributed by atoms with Crippen molar-refractivity contribution in [2.24, 2.45) is 0 Å². The zero-order valence-electron chi connectivity index (χ0n) is 21.0. The molecule has 1 fully saturated rings. The van der Waals surface area contributed by atoms with Crippen molar-refractivity contribution in [1.82, 2.24) is 20.0 Å². The summed E-state index contributed by atoms with van der Waals surface area (Å²) in [5.74, 6) is -0.411. The number of nitrogens with one attached hydrogen (secondary N) is 1. The van der Waals surface area contributed by atoms with E-state index in [9.17, 15) is 14.4 Å². The van der Waals surface area contributed by atoms with Crippen LogP contribution < -0.4 is 10.9 Å². The van der Waals surface area contributed by atoms with Crippen LogP contribution >= 0.6 is 0 Å². The molecule has 1 saturated heterocycles. The number of benzene rings is 2. The van der Waals surface area contributed by atoms with Crippen molar-refractivity contribution in [1.29, 1.82) is 0 Å². The maximum Gasteiger partial charge on any atom is 0.310 e. The summed E-state index contributed by atoms with van der Waals surface area (Å²) in [5, 5.41) is 7.49. The van der Waals surface area contributed by atoms with E-state index >= 15 is 0 Å². The molecule has 1 aliphatic heterocycles. The Balaban J connectivity index is 1.39. The van der Waals surface area contributed by atoms with Gasteiger partial charge in [-0.3, -0.25) is 19.3 Å². The normalized spacial score (nSPS) is 13.8. The fourth-order valence-corrected chi connectivity index (χ4v) is 4.15. The highest BCUT2D eigenvalue weighted by Gasteiger charge is 2.12. The van der Waals surface area contributed by atoms with Crippen LogP contribution in [0, 0.1) is 0 Å². The average Bonchev–Trinajstić information content (AvgIpc) is 2.91. The van der Waals surface area contributed by atoms with Crippen LogP contribution in [0.15, 0.2) is 65.5 Å². The molecule has 1 aliphatic rings. The van der Waals surface area contributed by atoms with Crippen molar-refractivity contribution in [2.45, 2.75) is 19.9 Å². The molecular weight excluding hydrogens is 472 g/mol. The maximum absolute atomic E-state index is 12.5. The topological polar surface area (TPSA) is 103 Å². The monoisotopic (exact) mass is 504 g/mol. The molecule has 3 aromatic rings. The molecule has 4 rings (SSSR count). The number of hydrogen-bond acceptors (Lipinski definition) is 7. The first-order valence-corrected chi connectivity index (χ1v) is 12.5. The number of carbonyl (C=O) groups is 2. The zero-order valence-corrected chi connectivity index (χ0v) is 21.0. The molecular formula is C28H32N4O5. The van der Waals surface area contributed by atoms with E-state index in [0.717, 1.165) is 49.5 Å². The molecule has 2 aromatic carbocycles. The lowest BCUT2D eigenvalue weighted by molar-refractivity contribution is -0.142. The van der Waals surface area contributed by atoms with Gasteiger partial charge in [0.25, 0.3) is 11.5 Å². The van der Waals surface area contributed by atoms with Gasteiger partial charge in [-0.1, -0.05) is 36.4 Å². The second kappa shape index (κ2) is 12.9. The molecule has 1 amide bonds. The lowest BCUT2D eigenvalue weighted by atomic mass is 10.1. The fourth-order valence-electron chi connectivity index (χ4n) is 4.15. The second-order valence-corrected chi connectivity index (χ2v) is 8.80. The van der Waals surface area contributed by atoms with Crippen molar-refractivity contribution < 1.29 is 19.1 Å². The van der Waals surface area contributed by atoms with Gasteiger partial charge in [-0.15, -0.1) is 0 Å². The van der Waals surface area contributed by atoms with E-state index in [1.165, 1.54) is 10.7 Å². The van der Waals surface area contributed by atoms with Crippen molar-refractivity contribution in [3.05, 3.63) is 87.7 Å². The zero-order chi connectivity index (χ0) is 26.0. The number of morpholine rings is 1. The minimum absolute atomic E-state index is 0.125. The van der Waals surface area contributed by atoms with Crippen LogP contribution in [0.5, 0.6) is 0 Å². The van der Waals surface area contributed by atoms with E-state index < -0.39 is 0 Å². The van der Waals surface area contributed by atoms with E-state index in [4.69, 9.17) is 9.47 Å². The van der Waals surface area contributed by atoms with Crippen LogP contribution in [-0.4, -0.2) is 72.6 Å². The summed E-state index contributed by atoms with van der Waals surface area (Å²) in [6, 6.07) is 17.8. The molecule has 37 heavy (non-hydrogen) atoms. The van der Waals surface area contributed by atoms with Crippen molar-refractivity contribution in [2.75, 3.05) is 46.0 Å². The number of carbonyl (C=O) groups excluding carboxylic acids is 2. The summed E-state index contributed by atoms with van der Waals surface area (Å²) in [5.41, 5.74) is 3.45. The standard InChI is InChI=1S/C28H32N4O5/c1-2-37-27(34)19-21-4-3-5-22(18-21)20-32-26(33)11-10-25(30-32)23-6-8-24(9-7-23)28(35)29-12-13-31-14-16-36-17-15-31/h3-11,18H,2,12-17,19-20H2,1H3,(H,29,35). The Bertz CT molecular complexity index is 1270. The number of aromatic nitrogens is 2. The van der Waals surface area contributed by atoms with E-state index in [1.807, 2.05) is 36.4 Å². The lowest BCUT2D eigenvalue weighted by Crippen LogP contribution is -2.41. The molecule has 0 bridgehead atoms. The summed E-state index contributed by atoms with van der Waals surface area (Å²) in [6.45, 7) is 7.00. The first kappa shape index (κ1) is 26.2. The Hall–Kier alpha value is -3.82. The number of esters is 1. The Morgan fingerprint density at radius 1 is 1.03 bits per heavy atom. The summed E-state index contributed by atoms with van der Waals surface area (Å²) >= 11 is 0. The van der Waals surface area contributed by atoms with Crippen LogP contribution in [0.25, 0.3) is 11.3 Å². The summed E-state index contributed by atoms with van der Waals surface area (Å²) in [4.78, 5) is 39.1. The van der Waals surface area contributed by atoms with Gasteiger partial charge in [-0.2, -0.15) is 5.10 Å². The van der Waals surface area contributed by atoms with Gasteiger partial charge in [-0.05, 0) is 36.2 Å². The predicted molar refractivity (Wildman–Crippen MR) is 139 cm³/mol. The Kier molecular flexibility index (Phi) is 9.18. The molecule has 0 saturated carbocycles. The first-order valence-electron chi connectivity index (χ1n) is 12.5. The molecule has 0 radical (unpaired) electrons. The van der Waals surface area contributed by atoms with E-state index in [1.54, 1.807) is 25.1 Å². The summed E-state index contributed by atoms with van der Waals surface area (Å²) < 4.78 is 11.8. The molecule has 0 atom stereocenters. The van der Waals surface area contributed by atoms with Gasteiger partial charge < -0.3 is 14.8 Å². The third-order valence-electron chi connectivity index (χ3n) is 6.10. The number of rotatable bonds is 10. The average molecular weight is 505 g/mol. The highest BCUT2D eigenvalue weighted by atomic mass is 16.5. The number of ether oxygens (including phenoxy) is 2. The molecule has 9 nitrogen and oxygen atoms in total. The Labute approximate surface area is 216 Å². The number of hydrogen-bond donors (Lipinski definition) is 1. The predicted octanol–water partition coefficient (Wildman–Crippen LogP) is 2.13. The number of nitrogens with zero attached hydrogens (tertiary/aromatic N) is 3. The fraction of sp³-hybridized carbons (Fsp3) is 0.357. The molecule has 0 spiro atoms. The highest BCUT2D eigenvalue weighted by molar-refractivity contribution is 5.94. The third-order valence-corrected chi connectivity index (χ3v) is 6.10. The van der Waals surface area contributed by atoms with Crippen molar-refractivity contribution in [3.8, 4) is 11.3 Å². The van der Waals surface area contributed by atoms with E-state index in [0.29, 0.717) is 24.4 Å². The molecule has 0 unspecified atom stereocenters. The first-order chi connectivity index (χ1) is 18.0. The van der Waals surface area contributed by atoms with Gasteiger partial charge in [0.15, 0.2) is 0 Å². The van der Waals surface area contributed by atoms with Crippen molar-refractivity contribution in [3.63, 3.8) is 0 Å². The van der Waals surface area contributed by atoms with Gasteiger partial charge in [0.2, 0.25) is 0 Å². The molecule has 1 N–H and O–H groups in total. The smallest absolute Gasteiger partial charge is 0.310 e. The number of amides is 1. The summed E-state index contributed by atoms with van der Waals surface area (Å²) in [7, 11) is 0. The minimum atomic E-state index is -0.286. The second-order valence-electron chi connectivity index (χ2n) is 8.80. The van der Waals surface area contributed by atoms with Crippen LogP contribution in [0.2, 0.25) is 0 Å². The quantitative estimate of drug-likeness (QED) is 0.422.